The van der Waals surface area contributed by atoms with E-state index in [0.717, 1.165) is 10.5 Å². The van der Waals surface area contributed by atoms with Crippen molar-refractivity contribution in [3.8, 4) is 0 Å². The number of methoxy groups -OCH3 is 1. The van der Waals surface area contributed by atoms with Gasteiger partial charge in [-0.1, -0.05) is 30.3 Å². The molecule has 0 spiro atoms. The first-order valence-corrected chi connectivity index (χ1v) is 10.00. The second-order valence-electron chi connectivity index (χ2n) is 6.39. The number of hydrogen-bond acceptors (Lipinski definition) is 5. The van der Waals surface area contributed by atoms with Gasteiger partial charge in [-0.25, -0.2) is 4.98 Å². The molecule has 0 atom stereocenters. The van der Waals surface area contributed by atoms with Gasteiger partial charge in [0.25, 0.3) is 5.56 Å². The number of amides is 1. The molecule has 0 radical (unpaired) electrons. The van der Waals surface area contributed by atoms with Gasteiger partial charge in [0.2, 0.25) is 5.91 Å². The number of carbonyl (C=O) groups excluding carboxylic acids is 1. The van der Waals surface area contributed by atoms with Crippen LogP contribution in [0.3, 0.4) is 0 Å². The third-order valence-electron chi connectivity index (χ3n) is 4.37. The largest absolute Gasteiger partial charge is 0.383 e. The smallest absolute Gasteiger partial charge is 0.258 e. The normalized spacial score (nSPS) is 10.9. The highest BCUT2D eigenvalue weighted by Crippen LogP contribution is 2.22. The van der Waals surface area contributed by atoms with Crippen LogP contribution in [0.2, 0.25) is 0 Å². The van der Waals surface area contributed by atoms with Gasteiger partial charge in [-0.2, -0.15) is 0 Å². The number of H-pyrrole nitrogens is 1. The van der Waals surface area contributed by atoms with Gasteiger partial charge in [0.1, 0.15) is 5.82 Å². The van der Waals surface area contributed by atoms with E-state index >= 15 is 0 Å². The fourth-order valence-electron chi connectivity index (χ4n) is 2.83. The number of thioether (sulfide) groups is 1. The summed E-state index contributed by atoms with van der Waals surface area (Å²) in [6, 6.07) is 15.1. The number of carbonyl (C=O) groups is 1. The minimum Gasteiger partial charge on any atom is -0.383 e. The third-order valence-corrected chi connectivity index (χ3v) is 5.53. The monoisotopic (exact) mass is 397 g/mol. The lowest BCUT2D eigenvalue weighted by atomic mass is 10.2. The molecule has 0 bridgehead atoms. The summed E-state index contributed by atoms with van der Waals surface area (Å²) >= 11 is 1.51. The molecule has 146 valence electrons. The van der Waals surface area contributed by atoms with Crippen molar-refractivity contribution in [3.63, 3.8) is 0 Å². The molecule has 0 saturated heterocycles. The SMILES string of the molecule is COCCN(Cc1nc2ccccc2c(=O)[nH]1)C(=O)CSc1ccccc1C. The van der Waals surface area contributed by atoms with Crippen LogP contribution in [0.4, 0.5) is 0 Å². The van der Waals surface area contributed by atoms with E-state index in [2.05, 4.69) is 9.97 Å². The predicted octanol–water partition coefficient (Wildman–Crippen LogP) is 3.00. The number of aryl methyl sites for hydroxylation is 1. The topological polar surface area (TPSA) is 75.3 Å². The average molecular weight is 398 g/mol. The summed E-state index contributed by atoms with van der Waals surface area (Å²) in [6.07, 6.45) is 0. The van der Waals surface area contributed by atoms with Crippen LogP contribution in [0, 0.1) is 6.92 Å². The number of rotatable bonds is 8. The maximum Gasteiger partial charge on any atom is 0.258 e. The van der Waals surface area contributed by atoms with Gasteiger partial charge in [0, 0.05) is 18.6 Å². The zero-order valence-corrected chi connectivity index (χ0v) is 16.8. The van der Waals surface area contributed by atoms with Crippen molar-refractivity contribution >= 4 is 28.6 Å². The van der Waals surface area contributed by atoms with Crippen LogP contribution in [-0.2, 0) is 16.1 Å². The summed E-state index contributed by atoms with van der Waals surface area (Å²) in [4.78, 5) is 35.1. The number of ether oxygens (including phenoxy) is 1. The molecule has 7 heteroatoms. The van der Waals surface area contributed by atoms with Gasteiger partial charge in [-0.05, 0) is 30.7 Å². The minimum atomic E-state index is -0.200. The van der Waals surface area contributed by atoms with Gasteiger partial charge in [0.15, 0.2) is 0 Å². The molecule has 28 heavy (non-hydrogen) atoms. The number of fused-ring (bicyclic) bond motifs is 1. The van der Waals surface area contributed by atoms with Crippen LogP contribution in [-0.4, -0.2) is 46.8 Å². The second kappa shape index (κ2) is 9.52. The summed E-state index contributed by atoms with van der Waals surface area (Å²) in [7, 11) is 1.60. The van der Waals surface area contributed by atoms with Gasteiger partial charge >= 0.3 is 0 Å². The molecule has 0 aliphatic heterocycles. The molecule has 0 saturated carbocycles. The first-order chi connectivity index (χ1) is 13.6. The summed E-state index contributed by atoms with van der Waals surface area (Å²) < 4.78 is 5.14. The molecule has 3 rings (SSSR count). The number of nitrogens with zero attached hydrogens (tertiary/aromatic N) is 2. The second-order valence-corrected chi connectivity index (χ2v) is 7.41. The Labute approximate surface area is 167 Å². The van der Waals surface area contributed by atoms with E-state index in [1.54, 1.807) is 30.2 Å². The number of aromatic amines is 1. The van der Waals surface area contributed by atoms with Crippen molar-refractivity contribution in [2.24, 2.45) is 0 Å². The minimum absolute atomic E-state index is 0.0267. The quantitative estimate of drug-likeness (QED) is 0.592. The Morgan fingerprint density at radius 3 is 2.71 bits per heavy atom. The summed E-state index contributed by atoms with van der Waals surface area (Å²) in [6.45, 7) is 3.11. The zero-order valence-electron chi connectivity index (χ0n) is 16.0. The predicted molar refractivity (Wildman–Crippen MR) is 112 cm³/mol. The molecule has 1 heterocycles. The number of hydrogen-bond donors (Lipinski definition) is 1. The van der Waals surface area contributed by atoms with E-state index in [1.807, 2.05) is 37.3 Å². The Hall–Kier alpha value is -2.64. The maximum atomic E-state index is 12.8. The summed E-state index contributed by atoms with van der Waals surface area (Å²) in [5, 5.41) is 0.538. The van der Waals surface area contributed by atoms with Crippen molar-refractivity contribution < 1.29 is 9.53 Å². The highest BCUT2D eigenvalue weighted by Gasteiger charge is 2.16. The molecule has 2 aromatic carbocycles. The maximum absolute atomic E-state index is 12.8. The van der Waals surface area contributed by atoms with Crippen molar-refractivity contribution in [2.45, 2.75) is 18.4 Å². The van der Waals surface area contributed by atoms with Crippen molar-refractivity contribution in [1.29, 1.82) is 0 Å². The standard InChI is InChI=1S/C21H23N3O3S/c1-15-7-3-6-10-18(15)28-14-20(25)24(11-12-27-2)13-19-22-17-9-5-4-8-16(17)21(26)23-19/h3-10H,11-14H2,1-2H3,(H,22,23,26). The van der Waals surface area contributed by atoms with Crippen LogP contribution < -0.4 is 5.56 Å². The number of nitrogens with one attached hydrogen (secondary N) is 1. The van der Waals surface area contributed by atoms with E-state index in [9.17, 15) is 9.59 Å². The van der Waals surface area contributed by atoms with E-state index in [-0.39, 0.29) is 18.0 Å². The number of para-hydroxylation sites is 1. The summed E-state index contributed by atoms with van der Waals surface area (Å²) in [5.41, 5.74) is 1.56. The molecule has 1 amide bonds. The first-order valence-electron chi connectivity index (χ1n) is 9.01. The van der Waals surface area contributed by atoms with Crippen molar-refractivity contribution in [3.05, 3.63) is 70.3 Å². The molecular formula is C21H23N3O3S. The van der Waals surface area contributed by atoms with Crippen LogP contribution in [0.25, 0.3) is 10.9 Å². The van der Waals surface area contributed by atoms with Crippen LogP contribution in [0.15, 0.2) is 58.2 Å². The lowest BCUT2D eigenvalue weighted by molar-refractivity contribution is -0.129. The van der Waals surface area contributed by atoms with Crippen molar-refractivity contribution in [2.75, 3.05) is 26.0 Å². The molecule has 0 unspecified atom stereocenters. The lowest BCUT2D eigenvalue weighted by Gasteiger charge is -2.22. The van der Waals surface area contributed by atoms with Crippen LogP contribution >= 0.6 is 11.8 Å². The highest BCUT2D eigenvalue weighted by atomic mass is 32.2. The first kappa shape index (κ1) is 20.1. The average Bonchev–Trinajstić information content (AvgIpc) is 2.70. The van der Waals surface area contributed by atoms with E-state index in [1.165, 1.54) is 11.8 Å². The Morgan fingerprint density at radius 1 is 1.18 bits per heavy atom. The van der Waals surface area contributed by atoms with E-state index in [0.29, 0.717) is 35.6 Å². The Morgan fingerprint density at radius 2 is 1.93 bits per heavy atom. The molecule has 0 aliphatic rings. The zero-order chi connectivity index (χ0) is 19.9. The van der Waals surface area contributed by atoms with Crippen LogP contribution in [0.1, 0.15) is 11.4 Å². The molecular weight excluding hydrogens is 374 g/mol. The summed E-state index contributed by atoms with van der Waals surface area (Å²) in [5.74, 6) is 0.752. The molecule has 0 aliphatic carbocycles. The third kappa shape index (κ3) is 4.99. The Bertz CT molecular complexity index is 1020. The van der Waals surface area contributed by atoms with Gasteiger partial charge in [-0.3, -0.25) is 9.59 Å². The fourth-order valence-corrected chi connectivity index (χ4v) is 3.77. The lowest BCUT2D eigenvalue weighted by Crippen LogP contribution is -2.35. The Balaban J connectivity index is 1.75. The fraction of sp³-hybridized carbons (Fsp3) is 0.286. The van der Waals surface area contributed by atoms with Crippen LogP contribution in [0.5, 0.6) is 0 Å². The van der Waals surface area contributed by atoms with Gasteiger partial charge < -0.3 is 14.6 Å². The van der Waals surface area contributed by atoms with Gasteiger partial charge in [-0.15, -0.1) is 11.8 Å². The van der Waals surface area contributed by atoms with E-state index in [4.69, 9.17) is 4.74 Å². The van der Waals surface area contributed by atoms with Gasteiger partial charge in [0.05, 0.1) is 29.8 Å². The molecule has 6 nitrogen and oxygen atoms in total. The van der Waals surface area contributed by atoms with E-state index < -0.39 is 0 Å². The molecule has 0 fully saturated rings. The molecule has 1 N–H and O–H groups in total. The van der Waals surface area contributed by atoms with Crippen molar-refractivity contribution in [1.82, 2.24) is 14.9 Å². The Kier molecular flexibility index (Phi) is 6.84. The molecule has 3 aromatic rings. The number of benzene rings is 2. The number of aromatic nitrogens is 2. The molecule has 1 aromatic heterocycles. The highest BCUT2D eigenvalue weighted by molar-refractivity contribution is 8.00.